The van der Waals surface area contributed by atoms with E-state index in [1.807, 2.05) is 0 Å². The average molecular weight is 367 g/mol. The van der Waals surface area contributed by atoms with Crippen molar-refractivity contribution in [2.24, 2.45) is 0 Å². The summed E-state index contributed by atoms with van der Waals surface area (Å²) in [6.07, 6.45) is 0. The first kappa shape index (κ1) is 15.1. The molecule has 1 nitrogen and oxygen atoms in total. The van der Waals surface area contributed by atoms with Gasteiger partial charge in [0.2, 0.25) is 0 Å². The largest absolute Gasteiger partial charge is 0.309 e. The van der Waals surface area contributed by atoms with Crippen molar-refractivity contribution < 1.29 is 0 Å². The molecule has 0 unspecified atom stereocenters. The summed E-state index contributed by atoms with van der Waals surface area (Å²) >= 11 is 0. The number of hydrogen-bond donors (Lipinski definition) is 0. The first-order valence-electron chi connectivity index (χ1n) is 10.1. The van der Waals surface area contributed by atoms with Crippen molar-refractivity contribution in [1.82, 2.24) is 4.57 Å². The van der Waals surface area contributed by atoms with E-state index in [-0.39, 0.29) is 0 Å². The second-order valence-corrected chi connectivity index (χ2v) is 7.82. The van der Waals surface area contributed by atoms with Crippen LogP contribution in [0.1, 0.15) is 0 Å². The monoisotopic (exact) mass is 367 g/mol. The molecule has 7 rings (SSSR count). The first-order valence-corrected chi connectivity index (χ1v) is 10.1. The van der Waals surface area contributed by atoms with E-state index in [0.717, 1.165) is 0 Å². The first-order chi connectivity index (χ1) is 14.4. The Balaban J connectivity index is 1.83. The number of hydrogen-bond acceptors (Lipinski definition) is 0. The van der Waals surface area contributed by atoms with Gasteiger partial charge in [-0.1, -0.05) is 78.9 Å². The van der Waals surface area contributed by atoms with E-state index >= 15 is 0 Å². The van der Waals surface area contributed by atoms with Crippen LogP contribution in [0.5, 0.6) is 0 Å². The van der Waals surface area contributed by atoms with Gasteiger partial charge in [-0.05, 0) is 51.2 Å². The summed E-state index contributed by atoms with van der Waals surface area (Å²) in [6.45, 7) is 0. The van der Waals surface area contributed by atoms with Crippen LogP contribution in [0.25, 0.3) is 59.8 Å². The van der Waals surface area contributed by atoms with Crippen molar-refractivity contribution in [1.29, 1.82) is 0 Å². The van der Waals surface area contributed by atoms with E-state index in [1.54, 1.807) is 0 Å². The molecule has 7 aromatic rings. The number of para-hydroxylation sites is 2. The summed E-state index contributed by atoms with van der Waals surface area (Å²) in [7, 11) is 0. The smallest absolute Gasteiger partial charge is 0.0620 e. The molecular formula is C28H17N. The lowest BCUT2D eigenvalue weighted by atomic mass is 9.92. The lowest BCUT2D eigenvalue weighted by molar-refractivity contribution is 1.19. The molecule has 6 aromatic carbocycles. The molecule has 134 valence electrons. The zero-order chi connectivity index (χ0) is 18.9. The van der Waals surface area contributed by atoms with Crippen molar-refractivity contribution >= 4 is 54.1 Å². The fourth-order valence-electron chi connectivity index (χ4n) is 5.10. The van der Waals surface area contributed by atoms with Gasteiger partial charge >= 0.3 is 0 Å². The molecule has 0 N–H and O–H groups in total. The molecule has 0 aliphatic carbocycles. The minimum Gasteiger partial charge on any atom is -0.309 e. The number of nitrogens with zero attached hydrogens (tertiary/aromatic N) is 1. The van der Waals surface area contributed by atoms with Crippen LogP contribution >= 0.6 is 0 Å². The molecule has 0 radical (unpaired) electrons. The molecule has 1 aromatic heterocycles. The summed E-state index contributed by atoms with van der Waals surface area (Å²) in [4.78, 5) is 0. The van der Waals surface area contributed by atoms with Crippen LogP contribution in [0.2, 0.25) is 0 Å². The highest BCUT2D eigenvalue weighted by Gasteiger charge is 2.18. The molecule has 0 atom stereocenters. The van der Waals surface area contributed by atoms with E-state index in [0.29, 0.717) is 0 Å². The summed E-state index contributed by atoms with van der Waals surface area (Å²) < 4.78 is 2.43. The van der Waals surface area contributed by atoms with Crippen LogP contribution in [0.4, 0.5) is 0 Å². The molecule has 0 aliphatic rings. The minimum absolute atomic E-state index is 1.20. The van der Waals surface area contributed by atoms with Gasteiger partial charge < -0.3 is 4.57 Å². The van der Waals surface area contributed by atoms with Crippen LogP contribution in [-0.2, 0) is 0 Å². The van der Waals surface area contributed by atoms with Crippen molar-refractivity contribution in [2.45, 2.75) is 0 Å². The maximum Gasteiger partial charge on any atom is 0.0620 e. The SMILES string of the molecule is c1ccc(-n2c3ccccc3c3cc4ccc5cccc6ccc(c4c56)c32)cc1. The van der Waals surface area contributed by atoms with Gasteiger partial charge in [0, 0.05) is 21.8 Å². The maximum absolute atomic E-state index is 2.43. The van der Waals surface area contributed by atoms with Gasteiger partial charge in [0.15, 0.2) is 0 Å². The highest BCUT2D eigenvalue weighted by molar-refractivity contribution is 6.31. The van der Waals surface area contributed by atoms with Gasteiger partial charge in [0.1, 0.15) is 0 Å². The molecule has 1 heteroatoms. The zero-order valence-corrected chi connectivity index (χ0v) is 15.8. The predicted molar refractivity (Wildman–Crippen MR) is 124 cm³/mol. The van der Waals surface area contributed by atoms with Gasteiger partial charge in [-0.3, -0.25) is 0 Å². The molecule has 1 heterocycles. The molecule has 0 saturated carbocycles. The molecule has 0 aliphatic heterocycles. The Morgan fingerprint density at radius 3 is 2.03 bits per heavy atom. The molecule has 0 amide bonds. The van der Waals surface area contributed by atoms with Crippen LogP contribution < -0.4 is 0 Å². The van der Waals surface area contributed by atoms with Gasteiger partial charge in [-0.15, -0.1) is 0 Å². The fraction of sp³-hybridized carbons (Fsp3) is 0. The van der Waals surface area contributed by atoms with E-state index in [4.69, 9.17) is 0 Å². The third-order valence-corrected chi connectivity index (χ3v) is 6.29. The van der Waals surface area contributed by atoms with Crippen molar-refractivity contribution in [3.8, 4) is 5.69 Å². The molecular weight excluding hydrogens is 350 g/mol. The van der Waals surface area contributed by atoms with Crippen molar-refractivity contribution in [3.63, 3.8) is 0 Å². The van der Waals surface area contributed by atoms with Gasteiger partial charge in [0.25, 0.3) is 0 Å². The Morgan fingerprint density at radius 2 is 1.17 bits per heavy atom. The molecule has 0 saturated heterocycles. The van der Waals surface area contributed by atoms with Gasteiger partial charge in [-0.2, -0.15) is 0 Å². The second kappa shape index (κ2) is 5.36. The standard InChI is InChI=1S/C28H17N/c1-2-9-21(10-3-1)29-25-12-5-4-11-22(25)24-17-20-14-13-18-7-6-8-19-15-16-23(28(24)29)27(20)26(18)19/h1-17H. The van der Waals surface area contributed by atoms with Gasteiger partial charge in [0.05, 0.1) is 11.0 Å². The molecule has 0 bridgehead atoms. The average Bonchev–Trinajstić information content (AvgIpc) is 3.12. The molecule has 29 heavy (non-hydrogen) atoms. The lowest BCUT2D eigenvalue weighted by Crippen LogP contribution is -1.94. The highest BCUT2D eigenvalue weighted by atomic mass is 15.0. The Hall–Kier alpha value is -3.84. The topological polar surface area (TPSA) is 4.93 Å². The Morgan fingerprint density at radius 1 is 0.448 bits per heavy atom. The van der Waals surface area contributed by atoms with E-state index in [2.05, 4.69) is 108 Å². The van der Waals surface area contributed by atoms with E-state index in [9.17, 15) is 0 Å². The molecule has 0 fully saturated rings. The number of aromatic nitrogens is 1. The quantitative estimate of drug-likeness (QED) is 0.262. The molecule has 0 spiro atoms. The highest BCUT2D eigenvalue weighted by Crippen LogP contribution is 2.42. The van der Waals surface area contributed by atoms with E-state index < -0.39 is 0 Å². The maximum atomic E-state index is 2.43. The summed E-state index contributed by atoms with van der Waals surface area (Å²) in [5.74, 6) is 0. The summed E-state index contributed by atoms with van der Waals surface area (Å²) in [5.41, 5.74) is 3.75. The zero-order valence-electron chi connectivity index (χ0n) is 15.8. The van der Waals surface area contributed by atoms with Crippen LogP contribution in [0, 0.1) is 0 Å². The lowest BCUT2D eigenvalue weighted by Gasteiger charge is -2.14. The van der Waals surface area contributed by atoms with Crippen LogP contribution in [0.15, 0.2) is 103 Å². The summed E-state index contributed by atoms with van der Waals surface area (Å²) in [6, 6.07) is 37.6. The Bertz CT molecular complexity index is 1670. The third-order valence-electron chi connectivity index (χ3n) is 6.29. The van der Waals surface area contributed by atoms with Crippen molar-refractivity contribution in [3.05, 3.63) is 103 Å². The predicted octanol–water partition coefficient (Wildman–Crippen LogP) is 7.68. The van der Waals surface area contributed by atoms with Crippen LogP contribution in [0.3, 0.4) is 0 Å². The normalized spacial score (nSPS) is 12.1. The third kappa shape index (κ3) is 1.89. The van der Waals surface area contributed by atoms with E-state index in [1.165, 1.54) is 59.8 Å². The van der Waals surface area contributed by atoms with Crippen molar-refractivity contribution in [2.75, 3.05) is 0 Å². The minimum atomic E-state index is 1.20. The second-order valence-electron chi connectivity index (χ2n) is 7.82. The summed E-state index contributed by atoms with van der Waals surface area (Å²) in [5, 5.41) is 10.6. The Kier molecular flexibility index (Phi) is 2.80. The number of rotatable bonds is 1. The number of fused-ring (bicyclic) bond motifs is 4. The Labute approximate surface area is 167 Å². The van der Waals surface area contributed by atoms with Gasteiger partial charge in [-0.25, -0.2) is 0 Å². The number of benzene rings is 6. The fourth-order valence-corrected chi connectivity index (χ4v) is 5.10. The van der Waals surface area contributed by atoms with Crippen LogP contribution in [-0.4, -0.2) is 4.57 Å².